The van der Waals surface area contributed by atoms with Crippen LogP contribution in [0.25, 0.3) is 22.5 Å². The van der Waals surface area contributed by atoms with Crippen LogP contribution in [0.3, 0.4) is 0 Å². The average molecular weight is 961 g/mol. The number of sulfonamides is 2. The van der Waals surface area contributed by atoms with Crippen LogP contribution in [0.2, 0.25) is 0 Å². The van der Waals surface area contributed by atoms with E-state index in [-0.39, 0.29) is 44.6 Å². The molecule has 2 fully saturated rings. The number of pyridine rings is 1. The van der Waals surface area contributed by atoms with Gasteiger partial charge in [-0.15, -0.1) is 0 Å². The molecule has 332 valence electrons. The van der Waals surface area contributed by atoms with Crippen molar-refractivity contribution in [2.24, 2.45) is 11.8 Å². The molecule has 1 aliphatic heterocycles. The summed E-state index contributed by atoms with van der Waals surface area (Å²) in [6.07, 6.45) is 8.61. The van der Waals surface area contributed by atoms with Crippen LogP contribution in [0.5, 0.6) is 0 Å². The molecule has 63 heavy (non-hydrogen) atoms. The highest BCUT2D eigenvalue weighted by Gasteiger charge is 2.48. The third-order valence-corrected chi connectivity index (χ3v) is 15.6. The van der Waals surface area contributed by atoms with E-state index in [1.54, 1.807) is 60.9 Å². The van der Waals surface area contributed by atoms with Gasteiger partial charge in [0, 0.05) is 38.6 Å². The number of fused-ring (bicyclic) bond motifs is 3. The lowest BCUT2D eigenvalue weighted by Gasteiger charge is -2.39. The second kappa shape index (κ2) is 16.3. The lowest BCUT2D eigenvalue weighted by Crippen LogP contribution is -2.39. The molecule has 11 nitrogen and oxygen atoms in total. The lowest BCUT2D eigenvalue weighted by molar-refractivity contribution is 0.359. The summed E-state index contributed by atoms with van der Waals surface area (Å²) in [4.78, 5) is 4.55. The third kappa shape index (κ3) is 8.88. The van der Waals surface area contributed by atoms with Crippen molar-refractivity contribution in [1.29, 1.82) is 0 Å². The van der Waals surface area contributed by atoms with E-state index in [9.17, 15) is 25.6 Å². The van der Waals surface area contributed by atoms with Crippen LogP contribution in [0.1, 0.15) is 102 Å². The van der Waals surface area contributed by atoms with Gasteiger partial charge in [-0.25, -0.2) is 30.3 Å². The van der Waals surface area contributed by atoms with E-state index in [1.165, 1.54) is 34.8 Å². The molecule has 1 N–H and O–H groups in total. The maximum absolute atomic E-state index is 14.4. The van der Waals surface area contributed by atoms with Crippen molar-refractivity contribution in [2.75, 3.05) is 4.31 Å². The molecule has 0 saturated heterocycles. The number of nitrogens with one attached hydrogen (secondary N) is 1. The van der Waals surface area contributed by atoms with Gasteiger partial charge in [0.2, 0.25) is 10.0 Å². The molecule has 0 spiro atoms. The number of anilines is 1. The molecule has 3 aromatic heterocycles. The van der Waals surface area contributed by atoms with Crippen molar-refractivity contribution >= 4 is 41.7 Å². The largest absolute Gasteiger partial charge is 0.266 e. The number of rotatable bonds is 9. The molecule has 2 aliphatic carbocycles. The predicted octanol–water partition coefficient (Wildman–Crippen LogP) is 10.8. The van der Waals surface area contributed by atoms with Crippen LogP contribution < -0.4 is 9.03 Å². The molecular formula is C47H52BrF2N7O4S2. The Morgan fingerprint density at radius 1 is 0.714 bits per heavy atom. The Kier molecular flexibility index (Phi) is 11.6. The molecule has 6 aromatic rings. The number of aromatic nitrogens is 5. The van der Waals surface area contributed by atoms with Gasteiger partial charge in [0.1, 0.15) is 16.5 Å². The third-order valence-electron chi connectivity index (χ3n) is 11.6. The molecular weight excluding hydrogens is 909 g/mol. The van der Waals surface area contributed by atoms with E-state index in [0.717, 1.165) is 58.2 Å². The van der Waals surface area contributed by atoms with Gasteiger partial charge >= 0.3 is 0 Å². The lowest BCUT2D eigenvalue weighted by atomic mass is 9.92. The Bertz CT molecular complexity index is 2910. The van der Waals surface area contributed by atoms with Crippen molar-refractivity contribution in [3.8, 4) is 22.5 Å². The smallest absolute Gasteiger partial charge is 0.260 e. The van der Waals surface area contributed by atoms with Crippen molar-refractivity contribution in [3.05, 3.63) is 130 Å². The fourth-order valence-corrected chi connectivity index (χ4v) is 11.6. The number of benzene rings is 3. The molecule has 2 atom stereocenters. The number of hydrogen-bond donors (Lipinski definition) is 1. The SMILES string of the molecule is Cc1ccc(S(=O)(=O)N2c3ccc(F)cc3-c3c(cnn3C(C)(C)C)[C@H]2C2CC2)cn1.Cc1ccc(S(=O)(=O)N[C@@H](c2cnn(C(C)(C)C)c2-c2cc(F)ccc2Br)C2CC2)cc1. The van der Waals surface area contributed by atoms with Crippen LogP contribution in [-0.2, 0) is 31.1 Å². The quantitative estimate of drug-likeness (QED) is 0.153. The maximum atomic E-state index is 14.4. The molecule has 16 heteroatoms. The Labute approximate surface area is 377 Å². The maximum Gasteiger partial charge on any atom is 0.266 e. The van der Waals surface area contributed by atoms with Crippen molar-refractivity contribution in [3.63, 3.8) is 0 Å². The summed E-state index contributed by atoms with van der Waals surface area (Å²) in [5.74, 6) is -0.411. The van der Waals surface area contributed by atoms with Gasteiger partial charge in [0.15, 0.2) is 0 Å². The Hall–Kier alpha value is -4.77. The minimum Gasteiger partial charge on any atom is -0.260 e. The van der Waals surface area contributed by atoms with Crippen LogP contribution in [-0.4, -0.2) is 41.4 Å². The van der Waals surface area contributed by atoms with Gasteiger partial charge < -0.3 is 0 Å². The highest BCUT2D eigenvalue weighted by Crippen LogP contribution is 2.56. The first-order chi connectivity index (χ1) is 29.6. The summed E-state index contributed by atoms with van der Waals surface area (Å²) in [6.45, 7) is 15.9. The highest BCUT2D eigenvalue weighted by molar-refractivity contribution is 9.10. The first kappa shape index (κ1) is 44.8. The summed E-state index contributed by atoms with van der Waals surface area (Å²) in [5, 5.41) is 9.24. The summed E-state index contributed by atoms with van der Waals surface area (Å²) >= 11 is 3.55. The minimum absolute atomic E-state index is 0.130. The molecule has 3 aromatic carbocycles. The molecule has 3 aliphatic rings. The van der Waals surface area contributed by atoms with E-state index in [2.05, 4.69) is 35.8 Å². The summed E-state index contributed by atoms with van der Waals surface area (Å²) in [6, 6.07) is 18.1. The van der Waals surface area contributed by atoms with Crippen molar-refractivity contribution in [1.82, 2.24) is 29.3 Å². The fourth-order valence-electron chi connectivity index (χ4n) is 8.22. The van der Waals surface area contributed by atoms with E-state index in [0.29, 0.717) is 22.5 Å². The number of aryl methyl sites for hydroxylation is 2. The molecule has 0 unspecified atom stereocenters. The molecule has 4 heterocycles. The van der Waals surface area contributed by atoms with E-state index in [1.807, 2.05) is 64.8 Å². The number of nitrogens with zero attached hydrogens (tertiary/aromatic N) is 6. The molecule has 0 radical (unpaired) electrons. The second-order valence-corrected chi connectivity index (χ2v) is 23.2. The van der Waals surface area contributed by atoms with Gasteiger partial charge in [0.05, 0.1) is 57.5 Å². The second-order valence-electron chi connectivity index (χ2n) is 18.8. The number of hydrogen-bond acceptors (Lipinski definition) is 7. The van der Waals surface area contributed by atoms with Crippen LogP contribution >= 0.6 is 15.9 Å². The van der Waals surface area contributed by atoms with Crippen molar-refractivity contribution < 1.29 is 25.6 Å². The Balaban J connectivity index is 0.000000173. The van der Waals surface area contributed by atoms with Crippen LogP contribution in [0, 0.1) is 37.3 Å². The predicted molar refractivity (Wildman–Crippen MR) is 244 cm³/mol. The summed E-state index contributed by atoms with van der Waals surface area (Å²) < 4.78 is 91.6. The van der Waals surface area contributed by atoms with Gasteiger partial charge in [0.25, 0.3) is 10.0 Å². The zero-order valence-corrected chi connectivity index (χ0v) is 39.8. The minimum atomic E-state index is -3.92. The molecule has 0 amide bonds. The monoisotopic (exact) mass is 959 g/mol. The number of halogens is 3. The normalized spacial score (nSPS) is 17.1. The fraction of sp³-hybridized carbons (Fsp3) is 0.383. The highest BCUT2D eigenvalue weighted by atomic mass is 79.9. The first-order valence-corrected chi connectivity index (χ1v) is 24.8. The molecule has 0 bridgehead atoms. The van der Waals surface area contributed by atoms with Gasteiger partial charge in [-0.05, 0) is 154 Å². The zero-order chi connectivity index (χ0) is 45.4. The van der Waals surface area contributed by atoms with Gasteiger partial charge in [-0.3, -0.25) is 18.7 Å². The van der Waals surface area contributed by atoms with Crippen LogP contribution in [0.15, 0.2) is 106 Å². The standard InChI is InChI=1S/C24H27BrFN3O2S.C23H25FN4O2S/c1-15-5-10-18(11-6-15)32(30,31)28-22(16-7-8-16)20-14-27-29(24(2,3)4)23(20)19-13-17(26)9-12-21(19)25;1-14-5-9-17(12-25-14)31(29,30)27-20-10-8-16(24)11-18(20)22-19(21(27)15-6-7-15)13-26-28(22)23(2,3)4/h5-6,9-14,16,22,28H,7-8H2,1-4H3;5,8-13,15,21H,6-7H2,1-4H3/t22-;21-/m11/s1. The zero-order valence-electron chi connectivity index (χ0n) is 36.6. The van der Waals surface area contributed by atoms with E-state index in [4.69, 9.17) is 0 Å². The first-order valence-electron chi connectivity index (χ1n) is 21.0. The molecule has 9 rings (SSSR count). The topological polar surface area (TPSA) is 132 Å². The average Bonchev–Trinajstić information content (AvgIpc) is 4.14. The Morgan fingerprint density at radius 2 is 1.30 bits per heavy atom. The van der Waals surface area contributed by atoms with Crippen molar-refractivity contribution in [2.45, 2.75) is 114 Å². The van der Waals surface area contributed by atoms with E-state index >= 15 is 0 Å². The van der Waals surface area contributed by atoms with E-state index < -0.39 is 31.9 Å². The van der Waals surface area contributed by atoms with Gasteiger partial charge in [-0.2, -0.15) is 10.2 Å². The van der Waals surface area contributed by atoms with Crippen LogP contribution in [0.4, 0.5) is 14.5 Å². The summed E-state index contributed by atoms with van der Waals surface area (Å²) in [5.41, 5.74) is 5.78. The molecule has 2 saturated carbocycles. The summed E-state index contributed by atoms with van der Waals surface area (Å²) in [7, 11) is -7.66. The Morgan fingerprint density at radius 3 is 1.89 bits per heavy atom. The van der Waals surface area contributed by atoms with Gasteiger partial charge in [-0.1, -0.05) is 33.6 Å².